The molecule has 0 heterocycles. The summed E-state index contributed by atoms with van der Waals surface area (Å²) in [5.74, 6) is 0. The number of rotatable bonds is 4. The maximum Gasteiger partial charge on any atom is 0.0424 e. The zero-order chi connectivity index (χ0) is 10.6. The van der Waals surface area contributed by atoms with Crippen LogP contribution in [0.25, 0.3) is 0 Å². The molecule has 1 atom stereocenters. The highest BCUT2D eigenvalue weighted by molar-refractivity contribution is 6.34. The van der Waals surface area contributed by atoms with Crippen molar-refractivity contribution >= 4 is 23.2 Å². The maximum absolute atomic E-state index is 5.89. The van der Waals surface area contributed by atoms with Gasteiger partial charge in [-0.3, -0.25) is 0 Å². The Labute approximate surface area is 95.4 Å². The first kappa shape index (κ1) is 11.8. The van der Waals surface area contributed by atoms with Crippen molar-refractivity contribution < 1.29 is 0 Å². The third kappa shape index (κ3) is 3.87. The summed E-state index contributed by atoms with van der Waals surface area (Å²) in [6, 6.07) is 6.13. The van der Waals surface area contributed by atoms with Gasteiger partial charge in [-0.1, -0.05) is 30.1 Å². The molecule has 0 aliphatic heterocycles. The van der Waals surface area contributed by atoms with Crippen molar-refractivity contribution in [2.75, 3.05) is 0 Å². The van der Waals surface area contributed by atoms with Crippen molar-refractivity contribution in [3.05, 3.63) is 33.8 Å². The van der Waals surface area contributed by atoms with Crippen molar-refractivity contribution in [2.24, 2.45) is 0 Å². The third-order valence-corrected chi connectivity index (χ3v) is 2.63. The molecule has 0 aliphatic rings. The summed E-state index contributed by atoms with van der Waals surface area (Å²) < 4.78 is 0. The van der Waals surface area contributed by atoms with Crippen LogP contribution in [0.3, 0.4) is 0 Å². The predicted molar refractivity (Wildman–Crippen MR) is 63.1 cm³/mol. The van der Waals surface area contributed by atoms with E-state index in [1.54, 1.807) is 6.07 Å². The van der Waals surface area contributed by atoms with Crippen molar-refractivity contribution in [3.8, 4) is 0 Å². The molecule has 0 saturated carbocycles. The van der Waals surface area contributed by atoms with Crippen LogP contribution < -0.4 is 5.32 Å². The van der Waals surface area contributed by atoms with Gasteiger partial charge in [-0.05, 0) is 37.1 Å². The molecule has 1 rings (SSSR count). The minimum absolute atomic E-state index is 0.521. The van der Waals surface area contributed by atoms with Gasteiger partial charge in [0.25, 0.3) is 0 Å². The monoisotopic (exact) mass is 231 g/mol. The van der Waals surface area contributed by atoms with Gasteiger partial charge in [-0.25, -0.2) is 0 Å². The first-order valence-electron chi connectivity index (χ1n) is 4.80. The number of hydrogen-bond donors (Lipinski definition) is 1. The molecule has 0 unspecified atom stereocenters. The van der Waals surface area contributed by atoms with Gasteiger partial charge in [0.05, 0.1) is 0 Å². The smallest absolute Gasteiger partial charge is 0.0424 e. The molecule has 0 amide bonds. The molecule has 3 heteroatoms. The quantitative estimate of drug-likeness (QED) is 0.830. The number of nitrogens with one attached hydrogen (secondary N) is 1. The molecule has 1 aromatic carbocycles. The topological polar surface area (TPSA) is 12.0 Å². The summed E-state index contributed by atoms with van der Waals surface area (Å²) >= 11 is 11.8. The Morgan fingerprint density at radius 3 is 2.29 bits per heavy atom. The lowest BCUT2D eigenvalue weighted by molar-refractivity contribution is 0.534. The zero-order valence-electron chi connectivity index (χ0n) is 8.48. The number of benzene rings is 1. The van der Waals surface area contributed by atoms with Gasteiger partial charge in [0.1, 0.15) is 0 Å². The number of halogens is 2. The van der Waals surface area contributed by atoms with Crippen molar-refractivity contribution in [3.63, 3.8) is 0 Å². The third-order valence-electron chi connectivity index (χ3n) is 2.19. The highest BCUT2D eigenvalue weighted by atomic mass is 35.5. The van der Waals surface area contributed by atoms with Crippen LogP contribution in [0.1, 0.15) is 25.8 Å². The second-order valence-electron chi connectivity index (χ2n) is 3.47. The van der Waals surface area contributed by atoms with Crippen LogP contribution in [0.2, 0.25) is 10.0 Å². The average molecular weight is 232 g/mol. The Morgan fingerprint density at radius 1 is 1.21 bits per heavy atom. The minimum atomic E-state index is 0.521. The Hall–Kier alpha value is -0.240. The Morgan fingerprint density at radius 2 is 1.79 bits per heavy atom. The SMILES string of the molecule is CC[C@H](C)NCc1cc(Cl)cc(Cl)c1. The molecule has 78 valence electrons. The van der Waals surface area contributed by atoms with E-state index in [0.29, 0.717) is 16.1 Å². The van der Waals surface area contributed by atoms with E-state index in [0.717, 1.165) is 18.5 Å². The van der Waals surface area contributed by atoms with Gasteiger partial charge in [-0.15, -0.1) is 0 Å². The highest BCUT2D eigenvalue weighted by Crippen LogP contribution is 2.18. The van der Waals surface area contributed by atoms with Crippen molar-refractivity contribution in [2.45, 2.75) is 32.9 Å². The fourth-order valence-corrected chi connectivity index (χ4v) is 1.72. The summed E-state index contributed by atoms with van der Waals surface area (Å²) in [6.07, 6.45) is 1.12. The lowest BCUT2D eigenvalue weighted by atomic mass is 10.2. The lowest BCUT2D eigenvalue weighted by Crippen LogP contribution is -2.24. The minimum Gasteiger partial charge on any atom is -0.310 e. The fraction of sp³-hybridized carbons (Fsp3) is 0.455. The standard InChI is InChI=1S/C11H15Cl2N/c1-3-8(2)14-7-9-4-10(12)6-11(13)5-9/h4-6,8,14H,3,7H2,1-2H3/t8-/m0/s1. The van der Waals surface area contributed by atoms with Gasteiger partial charge >= 0.3 is 0 Å². The largest absolute Gasteiger partial charge is 0.310 e. The van der Waals surface area contributed by atoms with Gasteiger partial charge in [0.2, 0.25) is 0 Å². The molecule has 0 aromatic heterocycles. The van der Waals surface area contributed by atoms with Gasteiger partial charge in [-0.2, -0.15) is 0 Å². The molecule has 0 aliphatic carbocycles. The summed E-state index contributed by atoms with van der Waals surface area (Å²) in [7, 11) is 0. The Balaban J connectivity index is 2.58. The first-order valence-corrected chi connectivity index (χ1v) is 5.55. The van der Waals surface area contributed by atoms with Gasteiger partial charge < -0.3 is 5.32 Å². The van der Waals surface area contributed by atoms with Crippen LogP contribution in [0, 0.1) is 0 Å². The second kappa shape index (κ2) is 5.59. The highest BCUT2D eigenvalue weighted by Gasteiger charge is 2.00. The van der Waals surface area contributed by atoms with E-state index in [9.17, 15) is 0 Å². The average Bonchev–Trinajstić information content (AvgIpc) is 2.12. The Kier molecular flexibility index (Phi) is 4.73. The van der Waals surface area contributed by atoms with Crippen LogP contribution in [-0.4, -0.2) is 6.04 Å². The summed E-state index contributed by atoms with van der Waals surface area (Å²) in [5.41, 5.74) is 1.13. The molecule has 0 radical (unpaired) electrons. The van der Waals surface area contributed by atoms with E-state index >= 15 is 0 Å². The molecule has 14 heavy (non-hydrogen) atoms. The van der Waals surface area contributed by atoms with E-state index in [1.165, 1.54) is 0 Å². The summed E-state index contributed by atoms with van der Waals surface area (Å²) in [4.78, 5) is 0. The zero-order valence-corrected chi connectivity index (χ0v) is 9.99. The van der Waals surface area contributed by atoms with Crippen LogP contribution in [0.15, 0.2) is 18.2 Å². The molecule has 1 nitrogen and oxygen atoms in total. The molecule has 1 N–H and O–H groups in total. The maximum atomic E-state index is 5.89. The van der Waals surface area contributed by atoms with E-state index in [2.05, 4.69) is 19.2 Å². The van der Waals surface area contributed by atoms with Crippen LogP contribution >= 0.6 is 23.2 Å². The summed E-state index contributed by atoms with van der Waals surface area (Å²) in [5, 5.41) is 4.77. The van der Waals surface area contributed by atoms with Crippen LogP contribution in [-0.2, 0) is 6.54 Å². The molecule has 0 fully saturated rings. The van der Waals surface area contributed by atoms with Crippen LogP contribution in [0.4, 0.5) is 0 Å². The second-order valence-corrected chi connectivity index (χ2v) is 4.34. The predicted octanol–water partition coefficient (Wildman–Crippen LogP) is 3.88. The molecular formula is C11H15Cl2N. The molecular weight excluding hydrogens is 217 g/mol. The Bertz CT molecular complexity index is 279. The fourth-order valence-electron chi connectivity index (χ4n) is 1.15. The first-order chi connectivity index (χ1) is 6.61. The van der Waals surface area contributed by atoms with E-state index in [-0.39, 0.29) is 0 Å². The van der Waals surface area contributed by atoms with Gasteiger partial charge in [0, 0.05) is 22.6 Å². The molecule has 0 bridgehead atoms. The molecule has 1 aromatic rings. The lowest BCUT2D eigenvalue weighted by Gasteiger charge is -2.11. The van der Waals surface area contributed by atoms with Crippen LogP contribution in [0.5, 0.6) is 0 Å². The van der Waals surface area contributed by atoms with E-state index in [1.807, 2.05) is 12.1 Å². The normalized spacial score (nSPS) is 12.9. The molecule has 0 saturated heterocycles. The van der Waals surface area contributed by atoms with Crippen molar-refractivity contribution in [1.82, 2.24) is 5.32 Å². The summed E-state index contributed by atoms with van der Waals surface area (Å²) in [6.45, 7) is 5.13. The number of hydrogen-bond acceptors (Lipinski definition) is 1. The van der Waals surface area contributed by atoms with E-state index < -0.39 is 0 Å². The van der Waals surface area contributed by atoms with Crippen molar-refractivity contribution in [1.29, 1.82) is 0 Å². The van der Waals surface area contributed by atoms with Gasteiger partial charge in [0.15, 0.2) is 0 Å². The molecule has 0 spiro atoms. The van der Waals surface area contributed by atoms with E-state index in [4.69, 9.17) is 23.2 Å².